The average molecular weight is 189 g/mol. The third-order valence-electron chi connectivity index (χ3n) is 0.729. The first kappa shape index (κ1) is 11.8. The Balaban J connectivity index is 0. The van der Waals surface area contributed by atoms with E-state index in [1.165, 1.54) is 0 Å². The quantitative estimate of drug-likeness (QED) is 0.658. The topological polar surface area (TPSA) is 12.0 Å². The van der Waals surface area contributed by atoms with Gasteiger partial charge in [0.05, 0.1) is 0 Å². The van der Waals surface area contributed by atoms with Crippen LogP contribution in [0.2, 0.25) is 0 Å². The molecule has 0 fully saturated rings. The second-order valence-corrected chi connectivity index (χ2v) is 1.96. The third kappa shape index (κ3) is 10.1. The normalized spacial score (nSPS) is 9.00. The van der Waals surface area contributed by atoms with Crippen molar-refractivity contribution >= 4 is 0 Å². The molecule has 0 radical (unpaired) electrons. The van der Waals surface area contributed by atoms with Crippen LogP contribution in [0.1, 0.15) is 20.3 Å². The van der Waals surface area contributed by atoms with Crippen LogP contribution in [-0.2, 0) is 32.7 Å². The molecule has 1 N–H and O–H groups in total. The van der Waals surface area contributed by atoms with Crippen molar-refractivity contribution in [3.05, 3.63) is 6.92 Å². The molecule has 0 rings (SSSR count). The van der Waals surface area contributed by atoms with E-state index < -0.39 is 0 Å². The summed E-state index contributed by atoms with van der Waals surface area (Å²) in [4.78, 5) is 0. The first-order valence-corrected chi connectivity index (χ1v) is 2.80. The van der Waals surface area contributed by atoms with E-state index in [9.17, 15) is 0 Å². The molecule has 0 aromatic carbocycles. The van der Waals surface area contributed by atoms with Crippen LogP contribution < -0.4 is 5.32 Å². The molecule has 0 bridgehead atoms. The first-order chi connectivity index (χ1) is 3.27. The first-order valence-electron chi connectivity index (χ1n) is 2.80. The molecule has 2 heteroatoms. The van der Waals surface area contributed by atoms with Crippen LogP contribution in [0.3, 0.4) is 0 Å². The van der Waals surface area contributed by atoms with Gasteiger partial charge in [0, 0.05) is 6.04 Å². The van der Waals surface area contributed by atoms with Crippen molar-refractivity contribution in [2.24, 2.45) is 0 Å². The second-order valence-electron chi connectivity index (χ2n) is 1.96. The number of nitrogens with one attached hydrogen (secondary N) is 1. The van der Waals surface area contributed by atoms with Crippen molar-refractivity contribution in [2.75, 3.05) is 6.54 Å². The Morgan fingerprint density at radius 2 is 2.00 bits per heavy atom. The predicted octanol–water partition coefficient (Wildman–Crippen LogP) is 1.21. The molecule has 0 atom stereocenters. The minimum absolute atomic E-state index is 0. The Morgan fingerprint density at radius 1 is 1.50 bits per heavy atom. The molecule has 0 aromatic heterocycles. The van der Waals surface area contributed by atoms with Gasteiger partial charge >= 0.3 is 32.7 Å². The Kier molecular flexibility index (Phi) is 11.9. The van der Waals surface area contributed by atoms with Gasteiger partial charge in [0.1, 0.15) is 0 Å². The van der Waals surface area contributed by atoms with E-state index in [1.807, 2.05) is 0 Å². The van der Waals surface area contributed by atoms with Gasteiger partial charge in [-0.3, -0.25) is 0 Å². The summed E-state index contributed by atoms with van der Waals surface area (Å²) in [6.45, 7) is 9.00. The molecule has 0 saturated heterocycles. The van der Waals surface area contributed by atoms with E-state index in [1.54, 1.807) is 0 Å². The summed E-state index contributed by atoms with van der Waals surface area (Å²) < 4.78 is 0. The summed E-state index contributed by atoms with van der Waals surface area (Å²) in [6, 6.07) is 0.613. The van der Waals surface area contributed by atoms with Crippen molar-refractivity contribution in [3.8, 4) is 0 Å². The Labute approximate surface area is 77.5 Å². The van der Waals surface area contributed by atoms with E-state index in [0.717, 1.165) is 13.0 Å². The zero-order valence-corrected chi connectivity index (χ0v) is 8.61. The number of hydrogen-bond donors (Lipinski definition) is 1. The molecule has 0 heterocycles. The fourth-order valence-electron chi connectivity index (χ4n) is 0.391. The predicted molar refractivity (Wildman–Crippen MR) is 33.1 cm³/mol. The molecule has 0 saturated carbocycles. The second kappa shape index (κ2) is 8.06. The monoisotopic (exact) mass is 189 g/mol. The minimum Gasteiger partial charge on any atom is -0.342 e. The fourth-order valence-corrected chi connectivity index (χ4v) is 0.391. The SMILES string of the molecule is [CH2-]CCNC(C)C.[Y+3]. The van der Waals surface area contributed by atoms with Crippen molar-refractivity contribution in [1.82, 2.24) is 5.32 Å². The molecule has 0 aromatic rings. The summed E-state index contributed by atoms with van der Waals surface area (Å²) >= 11 is 0. The maximum Gasteiger partial charge on any atom is 3.00 e. The van der Waals surface area contributed by atoms with E-state index in [0.29, 0.717) is 6.04 Å². The van der Waals surface area contributed by atoms with Crippen LogP contribution in [0.25, 0.3) is 0 Å². The van der Waals surface area contributed by atoms with Gasteiger partial charge in [-0.15, -0.1) is 0 Å². The van der Waals surface area contributed by atoms with E-state index in [4.69, 9.17) is 0 Å². The molecular weight excluding hydrogens is 175 g/mol. The van der Waals surface area contributed by atoms with Gasteiger partial charge in [-0.25, -0.2) is 0 Å². The van der Waals surface area contributed by atoms with Gasteiger partial charge in [-0.05, 0) is 6.54 Å². The van der Waals surface area contributed by atoms with Gasteiger partial charge < -0.3 is 12.2 Å². The Hall–Kier alpha value is 1.06. The molecule has 0 unspecified atom stereocenters. The van der Waals surface area contributed by atoms with Gasteiger partial charge in [-0.2, -0.15) is 6.42 Å². The molecule has 0 aliphatic rings. The van der Waals surface area contributed by atoms with E-state index in [2.05, 4.69) is 26.1 Å². The van der Waals surface area contributed by atoms with Gasteiger partial charge in [0.15, 0.2) is 0 Å². The molecule has 0 spiro atoms. The van der Waals surface area contributed by atoms with Crippen LogP contribution in [0.5, 0.6) is 0 Å². The summed E-state index contributed by atoms with van der Waals surface area (Å²) in [6.07, 6.45) is 0.984. The van der Waals surface area contributed by atoms with Crippen molar-refractivity contribution in [2.45, 2.75) is 26.3 Å². The van der Waals surface area contributed by atoms with Crippen molar-refractivity contribution in [1.29, 1.82) is 0 Å². The summed E-state index contributed by atoms with van der Waals surface area (Å²) in [5.41, 5.74) is 0. The van der Waals surface area contributed by atoms with Gasteiger partial charge in [0.25, 0.3) is 0 Å². The molecule has 0 aliphatic carbocycles. The largest absolute Gasteiger partial charge is 3.00 e. The minimum atomic E-state index is 0. The standard InChI is InChI=1S/C6H14N.Y/c1-4-5-7-6(2)3;/h6-7H,1,4-5H2,2-3H3;/q-1;+3. The molecular formula is C6H14NY+2. The third-order valence-corrected chi connectivity index (χ3v) is 0.729. The van der Waals surface area contributed by atoms with E-state index in [-0.39, 0.29) is 32.7 Å². The number of hydrogen-bond acceptors (Lipinski definition) is 1. The van der Waals surface area contributed by atoms with Gasteiger partial charge in [0.2, 0.25) is 0 Å². The molecule has 0 amide bonds. The van der Waals surface area contributed by atoms with Crippen LogP contribution in [0.15, 0.2) is 0 Å². The van der Waals surface area contributed by atoms with Crippen LogP contribution >= 0.6 is 0 Å². The Bertz CT molecular complexity index is 37.5. The van der Waals surface area contributed by atoms with Gasteiger partial charge in [-0.1, -0.05) is 13.8 Å². The zero-order chi connectivity index (χ0) is 5.70. The van der Waals surface area contributed by atoms with Crippen LogP contribution in [-0.4, -0.2) is 12.6 Å². The van der Waals surface area contributed by atoms with Crippen LogP contribution in [0.4, 0.5) is 0 Å². The average Bonchev–Trinajstić information content (AvgIpc) is 1.61. The maximum atomic E-state index is 3.70. The van der Waals surface area contributed by atoms with E-state index >= 15 is 0 Å². The summed E-state index contributed by atoms with van der Waals surface area (Å²) in [5, 5.41) is 3.23. The van der Waals surface area contributed by atoms with Crippen molar-refractivity contribution < 1.29 is 32.7 Å². The molecule has 8 heavy (non-hydrogen) atoms. The summed E-state index contributed by atoms with van der Waals surface area (Å²) in [7, 11) is 0. The Morgan fingerprint density at radius 3 is 2.12 bits per heavy atom. The molecule has 0 aliphatic heterocycles. The van der Waals surface area contributed by atoms with Crippen LogP contribution in [0, 0.1) is 6.92 Å². The smallest absolute Gasteiger partial charge is 0.342 e. The zero-order valence-electron chi connectivity index (χ0n) is 5.78. The maximum absolute atomic E-state index is 3.70. The number of rotatable bonds is 3. The molecule has 44 valence electrons. The summed E-state index contributed by atoms with van der Waals surface area (Å²) in [5.74, 6) is 0. The molecule has 1 nitrogen and oxygen atoms in total. The fraction of sp³-hybridized carbons (Fsp3) is 0.833. The van der Waals surface area contributed by atoms with Crippen molar-refractivity contribution in [3.63, 3.8) is 0 Å².